The fraction of sp³-hybridized carbons (Fsp3) is 0.533. The first-order valence-electron chi connectivity index (χ1n) is 7.05. The Morgan fingerprint density at radius 2 is 2.20 bits per heavy atom. The number of nitrogens with two attached hydrogens (primary N) is 1. The Labute approximate surface area is 124 Å². The second-order valence-corrected chi connectivity index (χ2v) is 5.75. The van der Waals surface area contributed by atoms with Crippen molar-refractivity contribution in [2.75, 3.05) is 13.2 Å². The molecule has 3 N–H and O–H groups in total. The molecular weight excluding hydrogens is 275 g/mol. The molecule has 0 unspecified atom stereocenters. The van der Waals surface area contributed by atoms with Crippen molar-refractivity contribution >= 4 is 17.2 Å². The summed E-state index contributed by atoms with van der Waals surface area (Å²) < 4.78 is 13.6. The van der Waals surface area contributed by atoms with Gasteiger partial charge in [-0.15, -0.1) is 0 Å². The molecule has 1 fully saturated rings. The van der Waals surface area contributed by atoms with Gasteiger partial charge < -0.3 is 10.8 Å². The third-order valence-electron chi connectivity index (χ3n) is 3.88. The Morgan fingerprint density at radius 1 is 1.45 bits per heavy atom. The second kappa shape index (κ2) is 7.11. The summed E-state index contributed by atoms with van der Waals surface area (Å²) in [5, 5.41) is 9.00. The van der Waals surface area contributed by atoms with Crippen LogP contribution in [0, 0.1) is 5.82 Å². The van der Waals surface area contributed by atoms with E-state index in [1.54, 1.807) is 12.1 Å². The number of hydrogen-bond acceptors (Lipinski definition) is 3. The van der Waals surface area contributed by atoms with E-state index in [0.29, 0.717) is 11.6 Å². The molecular formula is C15H21FN2OS. The summed E-state index contributed by atoms with van der Waals surface area (Å²) in [7, 11) is 0. The van der Waals surface area contributed by atoms with Crippen LogP contribution in [0.1, 0.15) is 36.8 Å². The van der Waals surface area contributed by atoms with Crippen LogP contribution in [0.5, 0.6) is 0 Å². The third-order valence-corrected chi connectivity index (χ3v) is 4.10. The van der Waals surface area contributed by atoms with Crippen molar-refractivity contribution in [2.24, 2.45) is 5.73 Å². The summed E-state index contributed by atoms with van der Waals surface area (Å²) in [6.07, 6.45) is 4.44. The minimum atomic E-state index is -0.369. The van der Waals surface area contributed by atoms with E-state index >= 15 is 0 Å². The first kappa shape index (κ1) is 15.4. The number of nitrogens with zero attached hydrogens (tertiary/aromatic N) is 1. The van der Waals surface area contributed by atoms with E-state index < -0.39 is 0 Å². The van der Waals surface area contributed by atoms with Gasteiger partial charge in [-0.2, -0.15) is 0 Å². The van der Waals surface area contributed by atoms with Crippen LogP contribution in [0.2, 0.25) is 0 Å². The second-order valence-electron chi connectivity index (χ2n) is 5.31. The molecule has 0 aromatic heterocycles. The molecule has 5 heteroatoms. The number of aliphatic hydroxyl groups is 1. The van der Waals surface area contributed by atoms with Crippen LogP contribution in [0.25, 0.3) is 0 Å². The lowest BCUT2D eigenvalue weighted by atomic mass is 9.91. The molecule has 0 amide bonds. The fourth-order valence-corrected chi connectivity index (χ4v) is 2.67. The highest BCUT2D eigenvalue weighted by atomic mass is 32.1. The predicted molar refractivity (Wildman–Crippen MR) is 82.0 cm³/mol. The van der Waals surface area contributed by atoms with Gasteiger partial charge in [-0.25, -0.2) is 4.39 Å². The highest BCUT2D eigenvalue weighted by molar-refractivity contribution is 7.80. The molecule has 3 nitrogen and oxygen atoms in total. The van der Waals surface area contributed by atoms with Crippen molar-refractivity contribution in [1.82, 2.24) is 4.90 Å². The molecule has 0 aliphatic heterocycles. The van der Waals surface area contributed by atoms with Crippen LogP contribution in [0.4, 0.5) is 4.39 Å². The molecule has 0 heterocycles. The first-order chi connectivity index (χ1) is 9.61. The van der Waals surface area contributed by atoms with Gasteiger partial charge >= 0.3 is 0 Å². The molecule has 110 valence electrons. The van der Waals surface area contributed by atoms with Gasteiger partial charge in [0.2, 0.25) is 0 Å². The maximum Gasteiger partial charge on any atom is 0.133 e. The summed E-state index contributed by atoms with van der Waals surface area (Å²) in [6, 6.07) is 5.53. The zero-order valence-electron chi connectivity index (χ0n) is 11.5. The van der Waals surface area contributed by atoms with Crippen molar-refractivity contribution in [2.45, 2.75) is 38.3 Å². The molecule has 1 aromatic rings. The van der Waals surface area contributed by atoms with Crippen LogP contribution >= 0.6 is 12.2 Å². The molecule has 20 heavy (non-hydrogen) atoms. The van der Waals surface area contributed by atoms with E-state index in [1.807, 2.05) is 0 Å². The fourth-order valence-electron chi connectivity index (χ4n) is 2.51. The SMILES string of the molecule is NC(=S)c1cc(CN(CCCO)C2CCC2)ccc1F. The van der Waals surface area contributed by atoms with E-state index in [2.05, 4.69) is 4.90 Å². The minimum Gasteiger partial charge on any atom is -0.396 e. The molecule has 2 rings (SSSR count). The highest BCUT2D eigenvalue weighted by Crippen LogP contribution is 2.26. The van der Waals surface area contributed by atoms with Gasteiger partial charge in [0.1, 0.15) is 10.8 Å². The molecule has 0 atom stereocenters. The number of hydrogen-bond donors (Lipinski definition) is 2. The minimum absolute atomic E-state index is 0.0925. The summed E-state index contributed by atoms with van der Waals surface area (Å²) in [5.74, 6) is -0.369. The van der Waals surface area contributed by atoms with E-state index in [1.165, 1.54) is 25.3 Å². The van der Waals surface area contributed by atoms with E-state index in [-0.39, 0.29) is 17.4 Å². The van der Waals surface area contributed by atoms with Gasteiger partial charge in [0.15, 0.2) is 0 Å². The van der Waals surface area contributed by atoms with Crippen molar-refractivity contribution < 1.29 is 9.50 Å². The normalized spacial score (nSPS) is 15.3. The van der Waals surface area contributed by atoms with Crippen molar-refractivity contribution in [1.29, 1.82) is 0 Å². The van der Waals surface area contributed by atoms with Gasteiger partial charge in [0.05, 0.1) is 0 Å². The zero-order chi connectivity index (χ0) is 14.5. The number of aliphatic hydroxyl groups excluding tert-OH is 1. The molecule has 1 aliphatic carbocycles. The Hall–Kier alpha value is -1.04. The quantitative estimate of drug-likeness (QED) is 0.757. The molecule has 0 saturated heterocycles. The van der Waals surface area contributed by atoms with Crippen LogP contribution in [0.15, 0.2) is 18.2 Å². The Morgan fingerprint density at radius 3 is 2.75 bits per heavy atom. The smallest absolute Gasteiger partial charge is 0.133 e. The molecule has 1 aromatic carbocycles. The largest absolute Gasteiger partial charge is 0.396 e. The van der Waals surface area contributed by atoms with Gasteiger partial charge in [-0.05, 0) is 37.0 Å². The van der Waals surface area contributed by atoms with Crippen LogP contribution in [0.3, 0.4) is 0 Å². The number of halogens is 1. The maximum absolute atomic E-state index is 13.6. The lowest BCUT2D eigenvalue weighted by Gasteiger charge is -2.37. The lowest BCUT2D eigenvalue weighted by molar-refractivity contribution is 0.109. The number of benzene rings is 1. The molecule has 0 radical (unpaired) electrons. The highest BCUT2D eigenvalue weighted by Gasteiger charge is 2.24. The van der Waals surface area contributed by atoms with Gasteiger partial charge in [0.25, 0.3) is 0 Å². The number of rotatable bonds is 7. The Kier molecular flexibility index (Phi) is 5.46. The summed E-state index contributed by atoms with van der Waals surface area (Å²) in [6.45, 7) is 1.81. The summed E-state index contributed by atoms with van der Waals surface area (Å²) >= 11 is 4.87. The standard InChI is InChI=1S/C15H21FN2OS/c16-14-6-5-11(9-13(14)15(17)20)10-18(7-2-8-19)12-3-1-4-12/h5-6,9,12,19H,1-4,7-8,10H2,(H2,17,20). The van der Waals surface area contributed by atoms with E-state index in [0.717, 1.165) is 25.1 Å². The molecule has 1 aliphatic rings. The van der Waals surface area contributed by atoms with Gasteiger partial charge in [-0.3, -0.25) is 4.90 Å². The van der Waals surface area contributed by atoms with Gasteiger partial charge in [0, 0.05) is 31.3 Å². The lowest BCUT2D eigenvalue weighted by Crippen LogP contribution is -2.40. The average Bonchev–Trinajstić information content (AvgIpc) is 2.35. The van der Waals surface area contributed by atoms with Crippen molar-refractivity contribution in [3.8, 4) is 0 Å². The topological polar surface area (TPSA) is 49.5 Å². The Bertz CT molecular complexity index is 477. The van der Waals surface area contributed by atoms with Crippen molar-refractivity contribution in [3.63, 3.8) is 0 Å². The average molecular weight is 296 g/mol. The summed E-state index contributed by atoms with van der Waals surface area (Å²) in [5.41, 5.74) is 6.86. The predicted octanol–water partition coefficient (Wildman–Crippen LogP) is 2.20. The van der Waals surface area contributed by atoms with Crippen LogP contribution in [-0.2, 0) is 6.54 Å². The summed E-state index contributed by atoms with van der Waals surface area (Å²) in [4.78, 5) is 2.45. The molecule has 1 saturated carbocycles. The molecule has 0 bridgehead atoms. The molecule has 0 spiro atoms. The number of thiocarbonyl (C=S) groups is 1. The first-order valence-corrected chi connectivity index (χ1v) is 7.45. The Balaban J connectivity index is 2.09. The third kappa shape index (κ3) is 3.75. The monoisotopic (exact) mass is 296 g/mol. The maximum atomic E-state index is 13.6. The van der Waals surface area contributed by atoms with E-state index in [9.17, 15) is 4.39 Å². The van der Waals surface area contributed by atoms with Gasteiger partial charge in [-0.1, -0.05) is 24.7 Å². The van der Waals surface area contributed by atoms with Crippen LogP contribution in [-0.4, -0.2) is 34.2 Å². The van der Waals surface area contributed by atoms with Crippen molar-refractivity contribution in [3.05, 3.63) is 35.1 Å². The zero-order valence-corrected chi connectivity index (χ0v) is 12.3. The van der Waals surface area contributed by atoms with E-state index in [4.69, 9.17) is 23.1 Å². The van der Waals surface area contributed by atoms with Crippen LogP contribution < -0.4 is 5.73 Å².